The maximum absolute atomic E-state index is 12.9. The van der Waals surface area contributed by atoms with E-state index in [0.29, 0.717) is 24.5 Å². The van der Waals surface area contributed by atoms with Gasteiger partial charge in [0.05, 0.1) is 0 Å². The third-order valence-corrected chi connectivity index (χ3v) is 6.61. The van der Waals surface area contributed by atoms with Crippen molar-refractivity contribution in [1.29, 1.82) is 0 Å². The SMILES string of the molecule is CN1C[C@@H]2C[C@@H](C3=Cc4cc(Cl)ccc4OC3)N3CCC[C@@]23C1=O. The molecule has 4 nitrogen and oxygen atoms in total. The number of likely N-dealkylation sites (N-methyl/N-ethyl adjacent to an activating group) is 1. The van der Waals surface area contributed by atoms with Crippen LogP contribution in [0, 0.1) is 5.92 Å². The second-order valence-electron chi connectivity index (χ2n) is 7.55. The molecule has 126 valence electrons. The van der Waals surface area contributed by atoms with Crippen LogP contribution in [0.1, 0.15) is 24.8 Å². The zero-order valence-corrected chi connectivity index (χ0v) is 14.6. The van der Waals surface area contributed by atoms with Crippen LogP contribution in [0.3, 0.4) is 0 Å². The van der Waals surface area contributed by atoms with Gasteiger partial charge in [-0.05, 0) is 55.7 Å². The van der Waals surface area contributed by atoms with Crippen LogP contribution in [-0.4, -0.2) is 54.0 Å². The Kier molecular flexibility index (Phi) is 3.08. The highest BCUT2D eigenvalue weighted by molar-refractivity contribution is 6.30. The molecule has 0 unspecified atom stereocenters. The first kappa shape index (κ1) is 14.8. The molecule has 5 heteroatoms. The van der Waals surface area contributed by atoms with Gasteiger partial charge in [-0.15, -0.1) is 0 Å². The maximum atomic E-state index is 12.9. The lowest BCUT2D eigenvalue weighted by Crippen LogP contribution is -2.51. The Morgan fingerprint density at radius 2 is 2.25 bits per heavy atom. The van der Waals surface area contributed by atoms with Crippen LogP contribution in [0.25, 0.3) is 6.08 Å². The van der Waals surface area contributed by atoms with Crippen LogP contribution in [0.4, 0.5) is 0 Å². The summed E-state index contributed by atoms with van der Waals surface area (Å²) < 4.78 is 5.97. The Bertz CT molecular complexity index is 762. The minimum absolute atomic E-state index is 0.241. The van der Waals surface area contributed by atoms with E-state index in [1.807, 2.05) is 30.1 Å². The van der Waals surface area contributed by atoms with Gasteiger partial charge in [0.25, 0.3) is 0 Å². The third kappa shape index (κ3) is 1.81. The summed E-state index contributed by atoms with van der Waals surface area (Å²) >= 11 is 6.14. The molecule has 1 amide bonds. The fourth-order valence-corrected chi connectivity index (χ4v) is 5.59. The fraction of sp³-hybridized carbons (Fsp3) is 0.526. The Morgan fingerprint density at radius 3 is 3.12 bits per heavy atom. The predicted molar refractivity (Wildman–Crippen MR) is 93.1 cm³/mol. The summed E-state index contributed by atoms with van der Waals surface area (Å²) in [7, 11) is 1.95. The molecule has 4 heterocycles. The lowest BCUT2D eigenvalue weighted by molar-refractivity contribution is -0.135. The van der Waals surface area contributed by atoms with Gasteiger partial charge in [0.15, 0.2) is 0 Å². The molecule has 24 heavy (non-hydrogen) atoms. The number of ether oxygens (including phenoxy) is 1. The molecule has 0 radical (unpaired) electrons. The predicted octanol–water partition coefficient (Wildman–Crippen LogP) is 2.81. The van der Waals surface area contributed by atoms with Crippen molar-refractivity contribution in [2.45, 2.75) is 30.8 Å². The molecule has 0 N–H and O–H groups in total. The van der Waals surface area contributed by atoms with E-state index in [2.05, 4.69) is 11.0 Å². The van der Waals surface area contributed by atoms with Gasteiger partial charge in [0, 0.05) is 36.1 Å². The van der Waals surface area contributed by atoms with Gasteiger partial charge in [-0.1, -0.05) is 11.6 Å². The van der Waals surface area contributed by atoms with Crippen LogP contribution >= 0.6 is 11.6 Å². The first-order valence-corrected chi connectivity index (χ1v) is 9.12. The van der Waals surface area contributed by atoms with E-state index in [1.165, 1.54) is 5.57 Å². The Balaban J connectivity index is 1.52. The van der Waals surface area contributed by atoms with Crippen LogP contribution < -0.4 is 4.74 Å². The number of likely N-dealkylation sites (tertiary alicyclic amines) is 1. The topological polar surface area (TPSA) is 32.8 Å². The maximum Gasteiger partial charge on any atom is 0.243 e. The average Bonchev–Trinajstić information content (AvgIpc) is 3.19. The minimum Gasteiger partial charge on any atom is -0.489 e. The molecule has 0 aromatic heterocycles. The largest absolute Gasteiger partial charge is 0.489 e. The molecule has 3 fully saturated rings. The molecular weight excluding hydrogens is 324 g/mol. The van der Waals surface area contributed by atoms with Crippen LogP contribution in [0.2, 0.25) is 5.02 Å². The van der Waals surface area contributed by atoms with E-state index in [4.69, 9.17) is 16.3 Å². The smallest absolute Gasteiger partial charge is 0.243 e. The van der Waals surface area contributed by atoms with Crippen LogP contribution in [-0.2, 0) is 4.79 Å². The molecule has 0 aliphatic carbocycles. The molecule has 3 atom stereocenters. The van der Waals surface area contributed by atoms with Crippen molar-refractivity contribution >= 4 is 23.6 Å². The van der Waals surface area contributed by atoms with Gasteiger partial charge in [-0.3, -0.25) is 9.69 Å². The lowest BCUT2D eigenvalue weighted by Gasteiger charge is -2.34. The van der Waals surface area contributed by atoms with E-state index in [-0.39, 0.29) is 5.54 Å². The summed E-state index contributed by atoms with van der Waals surface area (Å²) in [6, 6.07) is 6.08. The highest BCUT2D eigenvalue weighted by Crippen LogP contribution is 2.52. The van der Waals surface area contributed by atoms with Crippen molar-refractivity contribution in [2.75, 3.05) is 26.7 Å². The van der Waals surface area contributed by atoms with Crippen molar-refractivity contribution in [3.63, 3.8) is 0 Å². The molecule has 0 bridgehead atoms. The summed E-state index contributed by atoms with van der Waals surface area (Å²) in [6.07, 6.45) is 5.41. The number of halogens is 1. The molecule has 1 aromatic rings. The zero-order chi connectivity index (χ0) is 16.5. The van der Waals surface area contributed by atoms with Crippen molar-refractivity contribution in [1.82, 2.24) is 9.80 Å². The second-order valence-corrected chi connectivity index (χ2v) is 7.98. The third-order valence-electron chi connectivity index (χ3n) is 6.38. The highest BCUT2D eigenvalue weighted by Gasteiger charge is 2.64. The molecule has 3 saturated heterocycles. The molecule has 1 spiro atoms. The minimum atomic E-state index is -0.241. The quantitative estimate of drug-likeness (QED) is 0.785. The van der Waals surface area contributed by atoms with Gasteiger partial charge >= 0.3 is 0 Å². The number of carbonyl (C=O) groups excluding carboxylic acids is 1. The van der Waals surface area contributed by atoms with Gasteiger partial charge in [-0.25, -0.2) is 0 Å². The number of rotatable bonds is 1. The first-order valence-electron chi connectivity index (χ1n) is 8.75. The number of nitrogens with zero attached hydrogens (tertiary/aromatic N) is 2. The first-order chi connectivity index (χ1) is 11.6. The van der Waals surface area contributed by atoms with E-state index in [1.54, 1.807) is 0 Å². The molecule has 1 aromatic carbocycles. The fourth-order valence-electron chi connectivity index (χ4n) is 5.41. The van der Waals surface area contributed by atoms with Crippen LogP contribution in [0.15, 0.2) is 23.8 Å². The Morgan fingerprint density at radius 1 is 1.38 bits per heavy atom. The zero-order valence-electron chi connectivity index (χ0n) is 13.8. The average molecular weight is 345 g/mol. The summed E-state index contributed by atoms with van der Waals surface area (Å²) in [5.41, 5.74) is 2.10. The number of hydrogen-bond acceptors (Lipinski definition) is 3. The molecule has 4 aliphatic rings. The molecular formula is C19H21ClN2O2. The monoisotopic (exact) mass is 344 g/mol. The number of benzene rings is 1. The lowest BCUT2D eigenvalue weighted by atomic mass is 9.85. The van der Waals surface area contributed by atoms with Gasteiger partial charge in [0.2, 0.25) is 5.91 Å². The Labute approximate surface area is 147 Å². The van der Waals surface area contributed by atoms with Crippen molar-refractivity contribution in [3.8, 4) is 5.75 Å². The summed E-state index contributed by atoms with van der Waals surface area (Å²) in [5, 5.41) is 0.729. The molecule has 0 saturated carbocycles. The van der Waals surface area contributed by atoms with E-state index < -0.39 is 0 Å². The number of hydrogen-bond donors (Lipinski definition) is 0. The number of amides is 1. The van der Waals surface area contributed by atoms with E-state index in [9.17, 15) is 4.79 Å². The van der Waals surface area contributed by atoms with Gasteiger partial charge in [-0.2, -0.15) is 0 Å². The second kappa shape index (κ2) is 4.99. The van der Waals surface area contributed by atoms with Crippen molar-refractivity contribution in [3.05, 3.63) is 34.4 Å². The van der Waals surface area contributed by atoms with Crippen molar-refractivity contribution in [2.24, 2.45) is 5.92 Å². The summed E-state index contributed by atoms with van der Waals surface area (Å²) in [5.74, 6) is 1.67. The van der Waals surface area contributed by atoms with Crippen molar-refractivity contribution < 1.29 is 9.53 Å². The normalized spacial score (nSPS) is 34.7. The van der Waals surface area contributed by atoms with E-state index in [0.717, 1.165) is 48.7 Å². The van der Waals surface area contributed by atoms with E-state index >= 15 is 0 Å². The van der Waals surface area contributed by atoms with Gasteiger partial charge in [0.1, 0.15) is 17.9 Å². The number of carbonyl (C=O) groups is 1. The molecule has 5 rings (SSSR count). The van der Waals surface area contributed by atoms with Crippen LogP contribution in [0.5, 0.6) is 5.75 Å². The Hall–Kier alpha value is -1.52. The molecule has 4 aliphatic heterocycles. The van der Waals surface area contributed by atoms with Gasteiger partial charge < -0.3 is 9.64 Å². The summed E-state index contributed by atoms with van der Waals surface area (Å²) in [4.78, 5) is 17.3. The summed E-state index contributed by atoms with van der Waals surface area (Å²) in [6.45, 7) is 2.52. The highest BCUT2D eigenvalue weighted by atomic mass is 35.5. The number of fused-ring (bicyclic) bond motifs is 1. The standard InChI is InChI=1S/C19H21ClN2O2/c1-21-10-14-9-16(22-6-2-5-19(14,22)18(21)23)13-7-12-8-15(20)3-4-17(12)24-11-13/h3-4,7-8,14,16H,2,5-6,9-11H2,1H3/t14-,16-,19-/m0/s1.